The van der Waals surface area contributed by atoms with Gasteiger partial charge in [0.05, 0.1) is 33.0 Å². The largest absolute Gasteiger partial charge is 0.693 e. The topological polar surface area (TPSA) is 79.7 Å². The second-order valence-corrected chi connectivity index (χ2v) is 13.2. The number of ether oxygens (including phenoxy) is 5. The molecule has 6 nitrogen and oxygen atoms in total. The van der Waals surface area contributed by atoms with Gasteiger partial charge in [0.15, 0.2) is 0 Å². The molecule has 275 valence electrons. The third-order valence-electron chi connectivity index (χ3n) is 9.36. The Morgan fingerprint density at radius 1 is 0.463 bits per heavy atom. The maximum Gasteiger partial charge on any atom is 0.117 e. The Hall–Kier alpha value is -3.82. The van der Waals surface area contributed by atoms with Gasteiger partial charge in [0, 0.05) is 32.7 Å². The fourth-order valence-electron chi connectivity index (χ4n) is 6.71. The summed E-state index contributed by atoms with van der Waals surface area (Å²) in [6, 6.07) is 60.9. The minimum absolute atomic E-state index is 0. The Morgan fingerprint density at radius 3 is 1.46 bits per heavy atom. The maximum absolute atomic E-state index is 7.14. The zero-order valence-corrected chi connectivity index (χ0v) is 33.3. The van der Waals surface area contributed by atoms with Crippen LogP contribution in [0, 0.1) is 6.07 Å². The summed E-state index contributed by atoms with van der Waals surface area (Å²) in [6.45, 7) is 1.98. The van der Waals surface area contributed by atoms with Gasteiger partial charge in [-0.1, -0.05) is 146 Å². The number of nitrogens with two attached hydrogens (primary N) is 1. The van der Waals surface area contributed by atoms with E-state index in [1.807, 2.05) is 84.9 Å². The van der Waals surface area contributed by atoms with Gasteiger partial charge in [0.1, 0.15) is 30.5 Å². The van der Waals surface area contributed by atoms with E-state index in [-0.39, 0.29) is 38.9 Å². The number of hydrogen-bond donors (Lipinski definition) is 0. The first-order valence-corrected chi connectivity index (χ1v) is 18.1. The minimum Gasteiger partial charge on any atom is -0.693 e. The molecule has 0 amide bonds. The summed E-state index contributed by atoms with van der Waals surface area (Å²) in [4.78, 5) is 0. The third kappa shape index (κ3) is 11.8. The molecule has 1 unspecified atom stereocenters. The Morgan fingerprint density at radius 2 is 0.926 bits per heavy atom. The van der Waals surface area contributed by atoms with Crippen molar-refractivity contribution >= 4 is 0 Å². The molecule has 0 aromatic heterocycles. The quantitative estimate of drug-likeness (QED) is 0.0912. The predicted molar refractivity (Wildman–Crippen MR) is 209 cm³/mol. The van der Waals surface area contributed by atoms with Crippen molar-refractivity contribution in [3.63, 3.8) is 0 Å². The fraction of sp³-hybridized carbons (Fsp3) is 0.234. The second kappa shape index (κ2) is 21.9. The average Bonchev–Trinajstić information content (AvgIpc) is 3.21. The number of benzene rings is 6. The Balaban J connectivity index is 0.00000280. The van der Waals surface area contributed by atoms with Crippen molar-refractivity contribution < 1.29 is 56.4 Å². The van der Waals surface area contributed by atoms with Crippen LogP contribution in [0.15, 0.2) is 170 Å². The van der Waals surface area contributed by atoms with Gasteiger partial charge in [-0.2, -0.15) is 35.9 Å². The molecule has 0 aliphatic carbocycles. The van der Waals surface area contributed by atoms with E-state index in [0.717, 1.165) is 34.2 Å². The van der Waals surface area contributed by atoms with Gasteiger partial charge in [-0.3, -0.25) is 0 Å². The Labute approximate surface area is 345 Å². The monoisotopic (exact) mass is 794 g/mol. The van der Waals surface area contributed by atoms with Crippen LogP contribution in [-0.4, -0.2) is 31.0 Å². The molecule has 7 heteroatoms. The summed E-state index contributed by atoms with van der Waals surface area (Å²) in [5.74, 6) is 0. The van der Waals surface area contributed by atoms with Crippen molar-refractivity contribution in [1.82, 2.24) is 0 Å². The van der Waals surface area contributed by atoms with Gasteiger partial charge >= 0.3 is 0 Å². The van der Waals surface area contributed by atoms with Crippen molar-refractivity contribution in [3.8, 4) is 0 Å². The summed E-state index contributed by atoms with van der Waals surface area (Å²) in [6.07, 6.45) is -1.55. The van der Waals surface area contributed by atoms with Crippen LogP contribution in [-0.2, 0) is 89.2 Å². The standard InChI is InChI=1S/C47H45O5.H2N.Y/c1-6-17-36(18-7-1)29-41-27-16-28-42(30-41)44-46(50-33-39-23-12-4-13-24-39)47(51-34-40-25-14-5-15-26-40)45(49-32-38-21-10-3-11-22-38)43(52-44)35-48-31-37-19-8-2-9-20-37;;/h2-28,30,43-47H,29,31-35H2;1H2;/q2*-1;/t43-,44+,45?,46+,47+;;/m1../s1. The van der Waals surface area contributed by atoms with Gasteiger partial charge in [-0.15, -0.1) is 0 Å². The zero-order valence-electron chi connectivity index (χ0n) is 30.5. The average molecular weight is 795 g/mol. The molecule has 54 heavy (non-hydrogen) atoms. The van der Waals surface area contributed by atoms with Gasteiger partial charge in [0.25, 0.3) is 0 Å². The molecule has 1 heterocycles. The van der Waals surface area contributed by atoms with E-state index < -0.39 is 30.5 Å². The van der Waals surface area contributed by atoms with Crippen molar-refractivity contribution in [2.45, 2.75) is 63.4 Å². The molecule has 0 bridgehead atoms. The molecule has 1 radical (unpaired) electrons. The van der Waals surface area contributed by atoms with Crippen LogP contribution < -0.4 is 0 Å². The van der Waals surface area contributed by atoms with Gasteiger partial charge < -0.3 is 29.8 Å². The molecule has 6 aromatic carbocycles. The van der Waals surface area contributed by atoms with E-state index in [9.17, 15) is 0 Å². The minimum atomic E-state index is -0.489. The molecular formula is C47H47NO5Y-2. The molecular weight excluding hydrogens is 747 g/mol. The van der Waals surface area contributed by atoms with Crippen molar-refractivity contribution in [1.29, 1.82) is 0 Å². The predicted octanol–water partition coefficient (Wildman–Crippen LogP) is 10.2. The van der Waals surface area contributed by atoms with E-state index in [1.54, 1.807) is 0 Å². The molecule has 2 N–H and O–H groups in total. The van der Waals surface area contributed by atoms with Crippen molar-refractivity contribution in [2.24, 2.45) is 0 Å². The van der Waals surface area contributed by atoms with E-state index in [0.29, 0.717) is 33.0 Å². The van der Waals surface area contributed by atoms with Crippen LogP contribution in [0.2, 0.25) is 0 Å². The van der Waals surface area contributed by atoms with Gasteiger partial charge in [-0.05, 0) is 39.8 Å². The summed E-state index contributed by atoms with van der Waals surface area (Å²) < 4.78 is 34.3. The fourth-order valence-corrected chi connectivity index (χ4v) is 6.71. The van der Waals surface area contributed by atoms with Crippen LogP contribution in [0.25, 0.3) is 6.15 Å². The first-order chi connectivity index (χ1) is 25.8. The van der Waals surface area contributed by atoms with E-state index in [2.05, 4.69) is 91.0 Å². The smallest absolute Gasteiger partial charge is 0.117 e. The maximum atomic E-state index is 7.14. The van der Waals surface area contributed by atoms with E-state index >= 15 is 0 Å². The second-order valence-electron chi connectivity index (χ2n) is 13.2. The van der Waals surface area contributed by atoms with Crippen LogP contribution in [0.1, 0.15) is 45.0 Å². The number of hydrogen-bond acceptors (Lipinski definition) is 5. The van der Waals surface area contributed by atoms with Crippen molar-refractivity contribution in [2.75, 3.05) is 6.61 Å². The molecule has 7 rings (SSSR count). The van der Waals surface area contributed by atoms with Crippen LogP contribution in [0.4, 0.5) is 0 Å². The van der Waals surface area contributed by atoms with E-state index in [1.165, 1.54) is 11.1 Å². The van der Waals surface area contributed by atoms with Gasteiger partial charge in [0.2, 0.25) is 0 Å². The van der Waals surface area contributed by atoms with Crippen LogP contribution >= 0.6 is 0 Å². The SMILES string of the molecule is [NH2-].[Y].[c-]1ccc(Cc2cccc([C@@H]3O[C@H](COCc4ccccc4)C(OCc4ccccc4)[C@H](OCc4ccccc4)[C@H]3OCc3ccccc3)c2)cc1. The molecule has 1 fully saturated rings. The van der Waals surface area contributed by atoms with Crippen molar-refractivity contribution in [3.05, 3.63) is 221 Å². The van der Waals surface area contributed by atoms with Crippen LogP contribution in [0.5, 0.6) is 0 Å². The Kier molecular flexibility index (Phi) is 16.8. The molecule has 1 saturated heterocycles. The number of rotatable bonds is 16. The molecule has 6 aromatic rings. The summed E-state index contributed by atoms with van der Waals surface area (Å²) in [7, 11) is 0. The summed E-state index contributed by atoms with van der Waals surface area (Å²) >= 11 is 0. The normalized spacial score (nSPS) is 19.3. The summed E-state index contributed by atoms with van der Waals surface area (Å²) in [5.41, 5.74) is 7.77. The first kappa shape index (κ1) is 41.3. The van der Waals surface area contributed by atoms with Gasteiger partial charge in [-0.25, -0.2) is 0 Å². The molecule has 0 saturated carbocycles. The summed E-state index contributed by atoms with van der Waals surface area (Å²) in [5, 5.41) is 0. The molecule has 1 aliphatic rings. The Bertz CT molecular complexity index is 1900. The molecule has 1 aliphatic heterocycles. The molecule has 5 atom stereocenters. The van der Waals surface area contributed by atoms with Crippen LogP contribution in [0.3, 0.4) is 0 Å². The molecule has 0 spiro atoms. The first-order valence-electron chi connectivity index (χ1n) is 18.1. The van der Waals surface area contributed by atoms with E-state index in [4.69, 9.17) is 23.7 Å². The third-order valence-corrected chi connectivity index (χ3v) is 9.36. The zero-order chi connectivity index (χ0) is 35.2.